The second kappa shape index (κ2) is 11.3. The van der Waals surface area contributed by atoms with E-state index in [0.717, 1.165) is 44.7 Å². The molecule has 7 aromatic rings. The quantitative estimate of drug-likeness (QED) is 0.193. The Morgan fingerprint density at radius 1 is 0.422 bits per heavy atom. The fourth-order valence-electron chi connectivity index (χ4n) is 6.45. The molecule has 0 saturated heterocycles. The van der Waals surface area contributed by atoms with Crippen LogP contribution in [0.2, 0.25) is 0 Å². The summed E-state index contributed by atoms with van der Waals surface area (Å²) in [5.74, 6) is 0. The predicted molar refractivity (Wildman–Crippen MR) is 192 cm³/mol. The van der Waals surface area contributed by atoms with Gasteiger partial charge in [0.15, 0.2) is 0 Å². The predicted octanol–water partition coefficient (Wildman–Crippen LogP) is 12.0. The first kappa shape index (κ1) is 28.5. The molecule has 3 heteroatoms. The summed E-state index contributed by atoms with van der Waals surface area (Å²) in [5, 5.41) is 2.21. The van der Waals surface area contributed by atoms with Gasteiger partial charge in [0.2, 0.25) is 0 Å². The van der Waals surface area contributed by atoms with E-state index >= 15 is 0 Å². The highest BCUT2D eigenvalue weighted by Crippen LogP contribution is 2.41. The third kappa shape index (κ3) is 5.36. The van der Waals surface area contributed by atoms with E-state index in [0.29, 0.717) is 0 Å². The second-order valence-electron chi connectivity index (χ2n) is 12.4. The number of furan rings is 1. The number of rotatable bonds is 6. The van der Waals surface area contributed by atoms with Crippen molar-refractivity contribution in [2.75, 3.05) is 16.8 Å². The molecule has 6 aromatic carbocycles. The van der Waals surface area contributed by atoms with Crippen molar-refractivity contribution in [3.63, 3.8) is 0 Å². The maximum atomic E-state index is 6.35. The van der Waals surface area contributed by atoms with Gasteiger partial charge in [-0.05, 0) is 118 Å². The van der Waals surface area contributed by atoms with Gasteiger partial charge in [0, 0.05) is 46.3 Å². The van der Waals surface area contributed by atoms with Gasteiger partial charge in [-0.2, -0.15) is 0 Å². The Bertz CT molecular complexity index is 2170. The largest absolute Gasteiger partial charge is 0.456 e. The molecule has 45 heavy (non-hydrogen) atoms. The molecular weight excluding hydrogens is 548 g/mol. The fourth-order valence-corrected chi connectivity index (χ4v) is 6.45. The highest BCUT2D eigenvalue weighted by Gasteiger charge is 2.18. The fraction of sp³-hybridized carbons (Fsp3) is 0.143. The summed E-state index contributed by atoms with van der Waals surface area (Å²) in [7, 11) is 2.13. The molecule has 0 radical (unpaired) electrons. The van der Waals surface area contributed by atoms with Gasteiger partial charge >= 0.3 is 0 Å². The Morgan fingerprint density at radius 2 is 0.889 bits per heavy atom. The lowest BCUT2D eigenvalue weighted by Crippen LogP contribution is -2.11. The Balaban J connectivity index is 1.34. The molecule has 0 atom stereocenters. The summed E-state index contributed by atoms with van der Waals surface area (Å²) >= 11 is 0. The Labute approximate surface area is 266 Å². The molecule has 0 bridgehead atoms. The van der Waals surface area contributed by atoms with Crippen LogP contribution in [0.1, 0.15) is 27.8 Å². The number of nitrogens with zero attached hydrogens (tertiary/aromatic N) is 2. The summed E-state index contributed by atoms with van der Waals surface area (Å²) in [4.78, 5) is 4.62. The zero-order valence-electron chi connectivity index (χ0n) is 26.8. The molecule has 0 spiro atoms. The summed E-state index contributed by atoms with van der Waals surface area (Å²) in [5.41, 5.74) is 16.2. The van der Waals surface area contributed by atoms with Crippen molar-refractivity contribution in [2.45, 2.75) is 34.6 Å². The minimum atomic E-state index is 0.885. The summed E-state index contributed by atoms with van der Waals surface area (Å²) in [6.45, 7) is 10.8. The van der Waals surface area contributed by atoms with Crippen molar-refractivity contribution in [1.82, 2.24) is 0 Å². The van der Waals surface area contributed by atoms with Crippen LogP contribution in [0.25, 0.3) is 33.1 Å². The van der Waals surface area contributed by atoms with Crippen LogP contribution in [0, 0.1) is 34.6 Å². The van der Waals surface area contributed by atoms with Crippen LogP contribution in [-0.2, 0) is 0 Å². The van der Waals surface area contributed by atoms with Crippen molar-refractivity contribution in [2.24, 2.45) is 0 Å². The van der Waals surface area contributed by atoms with Gasteiger partial charge < -0.3 is 14.2 Å². The highest BCUT2D eigenvalue weighted by molar-refractivity contribution is 6.08. The first-order chi connectivity index (χ1) is 21.7. The highest BCUT2D eigenvalue weighted by atomic mass is 16.3. The number of aryl methyl sites for hydroxylation is 5. The SMILES string of the molecule is Cc1ccc(-c2ccc(N(c3ccc4oc5ccc(N(C)c6ccc(C)cc6C)cc5c4c3)c3ccc(C)cc3C)cc2)cc1. The summed E-state index contributed by atoms with van der Waals surface area (Å²) in [6, 6.07) is 43.9. The van der Waals surface area contributed by atoms with Crippen molar-refractivity contribution < 1.29 is 4.42 Å². The maximum absolute atomic E-state index is 6.35. The van der Waals surface area contributed by atoms with E-state index in [2.05, 4.69) is 173 Å². The van der Waals surface area contributed by atoms with Crippen LogP contribution in [0.4, 0.5) is 28.4 Å². The van der Waals surface area contributed by atoms with Crippen LogP contribution >= 0.6 is 0 Å². The number of fused-ring (bicyclic) bond motifs is 3. The lowest BCUT2D eigenvalue weighted by Gasteiger charge is -2.27. The Kier molecular flexibility index (Phi) is 7.17. The monoisotopic (exact) mass is 586 g/mol. The average molecular weight is 587 g/mol. The number of anilines is 5. The number of benzene rings is 6. The van der Waals surface area contributed by atoms with Crippen molar-refractivity contribution in [3.8, 4) is 11.1 Å². The second-order valence-corrected chi connectivity index (χ2v) is 12.4. The maximum Gasteiger partial charge on any atom is 0.135 e. The summed E-state index contributed by atoms with van der Waals surface area (Å²) in [6.07, 6.45) is 0. The normalized spacial score (nSPS) is 11.3. The van der Waals surface area contributed by atoms with Crippen LogP contribution in [0.15, 0.2) is 126 Å². The standard InChI is InChI=1S/C42H38N2O/c1-27-7-11-32(12-8-27)33-13-15-34(16-14-33)44(40-20-10-29(3)24-31(40)5)36-18-22-42-38(26-36)37-25-35(17-21-41(37)45-42)43(6)39-19-9-28(2)23-30(39)4/h7-26H,1-6H3. The Hall–Kier alpha value is -5.28. The van der Waals surface area contributed by atoms with Gasteiger partial charge in [0.1, 0.15) is 11.2 Å². The van der Waals surface area contributed by atoms with Gasteiger partial charge in [0.05, 0.1) is 0 Å². The molecule has 222 valence electrons. The molecule has 7 rings (SSSR count). The molecular formula is C42H38N2O. The van der Waals surface area contributed by atoms with E-state index in [1.807, 2.05) is 0 Å². The molecule has 0 fully saturated rings. The zero-order chi connectivity index (χ0) is 31.2. The molecule has 0 unspecified atom stereocenters. The van der Waals surface area contributed by atoms with E-state index in [4.69, 9.17) is 4.42 Å². The first-order valence-corrected chi connectivity index (χ1v) is 15.6. The van der Waals surface area contributed by atoms with E-state index in [1.165, 1.54) is 44.6 Å². The van der Waals surface area contributed by atoms with Crippen LogP contribution in [0.5, 0.6) is 0 Å². The first-order valence-electron chi connectivity index (χ1n) is 15.6. The molecule has 0 aliphatic heterocycles. The average Bonchev–Trinajstić information content (AvgIpc) is 3.40. The molecule has 0 N–H and O–H groups in total. The van der Waals surface area contributed by atoms with Crippen molar-refractivity contribution >= 4 is 50.4 Å². The van der Waals surface area contributed by atoms with Gasteiger partial charge in [-0.3, -0.25) is 0 Å². The topological polar surface area (TPSA) is 19.6 Å². The van der Waals surface area contributed by atoms with Crippen LogP contribution < -0.4 is 9.80 Å². The third-order valence-electron chi connectivity index (χ3n) is 8.90. The molecule has 0 aliphatic rings. The van der Waals surface area contributed by atoms with Crippen LogP contribution in [0.3, 0.4) is 0 Å². The van der Waals surface area contributed by atoms with Crippen molar-refractivity contribution in [1.29, 1.82) is 0 Å². The van der Waals surface area contributed by atoms with Crippen molar-refractivity contribution in [3.05, 3.63) is 149 Å². The number of hydrogen-bond acceptors (Lipinski definition) is 3. The molecule has 0 aliphatic carbocycles. The molecule has 0 saturated carbocycles. The lowest BCUT2D eigenvalue weighted by atomic mass is 10.0. The minimum absolute atomic E-state index is 0.885. The third-order valence-corrected chi connectivity index (χ3v) is 8.90. The van der Waals surface area contributed by atoms with E-state index in [1.54, 1.807) is 0 Å². The smallest absolute Gasteiger partial charge is 0.135 e. The summed E-state index contributed by atoms with van der Waals surface area (Å²) < 4.78 is 6.35. The molecule has 1 aromatic heterocycles. The molecule has 0 amide bonds. The van der Waals surface area contributed by atoms with Gasteiger partial charge in [-0.15, -0.1) is 0 Å². The lowest BCUT2D eigenvalue weighted by molar-refractivity contribution is 0.669. The molecule has 3 nitrogen and oxygen atoms in total. The minimum Gasteiger partial charge on any atom is -0.456 e. The molecule has 1 heterocycles. The van der Waals surface area contributed by atoms with E-state index in [9.17, 15) is 0 Å². The van der Waals surface area contributed by atoms with Gasteiger partial charge in [0.25, 0.3) is 0 Å². The van der Waals surface area contributed by atoms with Gasteiger partial charge in [-0.25, -0.2) is 0 Å². The number of hydrogen-bond donors (Lipinski definition) is 0. The van der Waals surface area contributed by atoms with Crippen LogP contribution in [-0.4, -0.2) is 7.05 Å². The van der Waals surface area contributed by atoms with E-state index < -0.39 is 0 Å². The zero-order valence-corrected chi connectivity index (χ0v) is 26.8. The van der Waals surface area contributed by atoms with Gasteiger partial charge in [-0.1, -0.05) is 77.4 Å². The Morgan fingerprint density at radius 3 is 1.47 bits per heavy atom. The van der Waals surface area contributed by atoms with E-state index in [-0.39, 0.29) is 0 Å².